The number of carbonyl (C=O) groups is 1. The van der Waals surface area contributed by atoms with Crippen molar-refractivity contribution >= 4 is 26.5 Å². The Balaban J connectivity index is 1.65. The number of fused-ring (bicyclic) bond motifs is 1. The molecule has 0 bridgehead atoms. The number of hydrogen-bond donors (Lipinski definition) is 1. The van der Waals surface area contributed by atoms with Crippen LogP contribution in [0.25, 0.3) is 10.8 Å². The van der Waals surface area contributed by atoms with Crippen LogP contribution in [-0.4, -0.2) is 39.1 Å². The maximum absolute atomic E-state index is 12.7. The molecule has 0 aliphatic heterocycles. The molecule has 0 unspecified atom stereocenters. The monoisotopic (exact) mass is 424 g/mol. The number of sulfone groups is 1. The van der Waals surface area contributed by atoms with Crippen molar-refractivity contribution < 1.29 is 13.2 Å². The predicted octanol–water partition coefficient (Wildman–Crippen LogP) is 4.11. The highest BCUT2D eigenvalue weighted by Crippen LogP contribution is 2.24. The number of nitrogens with one attached hydrogen (secondary N) is 1. The maximum atomic E-state index is 12.7. The molecule has 0 fully saturated rings. The molecule has 0 saturated heterocycles. The predicted molar refractivity (Wildman–Crippen MR) is 121 cm³/mol. The summed E-state index contributed by atoms with van der Waals surface area (Å²) in [5, 5.41) is 5.39. The molecular weight excluding hydrogens is 396 g/mol. The molecule has 3 rings (SSSR count). The van der Waals surface area contributed by atoms with Gasteiger partial charge in [-0.2, -0.15) is 0 Å². The van der Waals surface area contributed by atoms with E-state index in [1.807, 2.05) is 50.1 Å². The molecule has 2 atom stereocenters. The third-order valence-corrected chi connectivity index (χ3v) is 6.64. The average Bonchev–Trinajstić information content (AvgIpc) is 2.72. The first kappa shape index (κ1) is 22.0. The Morgan fingerprint density at radius 3 is 2.27 bits per heavy atom. The number of hydrogen-bond acceptors (Lipinski definition) is 4. The number of nitrogens with zero attached hydrogens (tertiary/aromatic N) is 1. The summed E-state index contributed by atoms with van der Waals surface area (Å²) in [5.74, 6) is -0.0578. The van der Waals surface area contributed by atoms with Gasteiger partial charge in [0.15, 0.2) is 9.84 Å². The van der Waals surface area contributed by atoms with Crippen molar-refractivity contribution in [1.82, 2.24) is 10.2 Å². The van der Waals surface area contributed by atoms with E-state index < -0.39 is 9.84 Å². The first-order valence-electron chi connectivity index (χ1n) is 9.94. The Labute approximate surface area is 178 Å². The zero-order valence-electron chi connectivity index (χ0n) is 17.8. The van der Waals surface area contributed by atoms with Gasteiger partial charge in [0.25, 0.3) is 0 Å². The Bertz CT molecular complexity index is 1140. The fraction of sp³-hybridized carbons (Fsp3) is 0.292. The lowest BCUT2D eigenvalue weighted by Gasteiger charge is -2.26. The van der Waals surface area contributed by atoms with Gasteiger partial charge in [0.05, 0.1) is 17.5 Å². The minimum atomic E-state index is -3.22. The zero-order valence-corrected chi connectivity index (χ0v) is 18.6. The van der Waals surface area contributed by atoms with E-state index in [2.05, 4.69) is 23.5 Å². The Morgan fingerprint density at radius 2 is 1.60 bits per heavy atom. The lowest BCUT2D eigenvalue weighted by atomic mass is 9.99. The molecule has 0 heterocycles. The van der Waals surface area contributed by atoms with E-state index in [4.69, 9.17) is 0 Å². The summed E-state index contributed by atoms with van der Waals surface area (Å²) >= 11 is 0. The summed E-state index contributed by atoms with van der Waals surface area (Å²) in [6.45, 7) is 4.23. The van der Waals surface area contributed by atoms with Gasteiger partial charge in [0.2, 0.25) is 5.91 Å². The molecule has 0 aliphatic rings. The second-order valence-corrected chi connectivity index (χ2v) is 9.81. The molecule has 0 spiro atoms. The van der Waals surface area contributed by atoms with Gasteiger partial charge >= 0.3 is 0 Å². The van der Waals surface area contributed by atoms with Gasteiger partial charge in [-0.1, -0.05) is 54.6 Å². The molecule has 0 aromatic heterocycles. The fourth-order valence-corrected chi connectivity index (χ4v) is 4.23. The molecule has 1 N–H and O–H groups in total. The minimum Gasteiger partial charge on any atom is -0.348 e. The van der Waals surface area contributed by atoms with Crippen molar-refractivity contribution in [2.24, 2.45) is 0 Å². The van der Waals surface area contributed by atoms with Crippen molar-refractivity contribution in [3.63, 3.8) is 0 Å². The Hall–Kier alpha value is -2.70. The van der Waals surface area contributed by atoms with Crippen molar-refractivity contribution in [1.29, 1.82) is 0 Å². The first-order chi connectivity index (χ1) is 14.2. The number of likely N-dealkylation sites (N-methyl/N-ethyl adjacent to an activating group) is 1. The second-order valence-electron chi connectivity index (χ2n) is 7.79. The summed E-state index contributed by atoms with van der Waals surface area (Å²) in [6, 6.07) is 20.9. The highest BCUT2D eigenvalue weighted by Gasteiger charge is 2.18. The van der Waals surface area contributed by atoms with Crippen LogP contribution in [0.3, 0.4) is 0 Å². The Kier molecular flexibility index (Phi) is 6.58. The number of amides is 1. The SMILES string of the molecule is C[C@H](NC(=O)CN(C)[C@@H](C)c1ccc(S(C)(=O)=O)cc1)c1cccc2ccccc12. The summed E-state index contributed by atoms with van der Waals surface area (Å²) in [4.78, 5) is 14.9. The molecule has 6 heteroatoms. The van der Waals surface area contributed by atoms with Crippen molar-refractivity contribution in [3.05, 3.63) is 77.9 Å². The number of carbonyl (C=O) groups excluding carboxylic acids is 1. The van der Waals surface area contributed by atoms with Crippen LogP contribution >= 0.6 is 0 Å². The van der Waals surface area contributed by atoms with Crippen LogP contribution in [0.15, 0.2) is 71.6 Å². The molecular formula is C24H28N2O3S. The van der Waals surface area contributed by atoms with Gasteiger partial charge in [0.1, 0.15) is 0 Å². The summed E-state index contributed by atoms with van der Waals surface area (Å²) in [6.07, 6.45) is 1.19. The molecule has 3 aromatic carbocycles. The molecule has 3 aromatic rings. The van der Waals surface area contributed by atoms with E-state index >= 15 is 0 Å². The van der Waals surface area contributed by atoms with E-state index in [-0.39, 0.29) is 24.5 Å². The quantitative estimate of drug-likeness (QED) is 0.620. The van der Waals surface area contributed by atoms with Crippen LogP contribution in [0.4, 0.5) is 0 Å². The summed E-state index contributed by atoms with van der Waals surface area (Å²) in [5.41, 5.74) is 2.05. The zero-order chi connectivity index (χ0) is 21.9. The average molecular weight is 425 g/mol. The van der Waals surface area contributed by atoms with E-state index in [1.54, 1.807) is 24.3 Å². The van der Waals surface area contributed by atoms with Crippen LogP contribution in [0.5, 0.6) is 0 Å². The van der Waals surface area contributed by atoms with Gasteiger partial charge in [-0.05, 0) is 54.9 Å². The summed E-state index contributed by atoms with van der Waals surface area (Å²) in [7, 11) is -1.33. The standard InChI is InChI=1S/C24H28N2O3S/c1-17(22-11-7-9-20-8-5-6-10-23(20)22)25-24(27)16-26(3)18(2)19-12-14-21(15-13-19)30(4,28)29/h5-15,17-18H,16H2,1-4H3,(H,25,27)/t17-,18-/m0/s1. The van der Waals surface area contributed by atoms with E-state index in [0.29, 0.717) is 4.90 Å². The van der Waals surface area contributed by atoms with Crippen LogP contribution in [0.2, 0.25) is 0 Å². The van der Waals surface area contributed by atoms with E-state index in [0.717, 1.165) is 21.9 Å². The van der Waals surface area contributed by atoms with Crippen LogP contribution in [-0.2, 0) is 14.6 Å². The highest BCUT2D eigenvalue weighted by molar-refractivity contribution is 7.90. The Morgan fingerprint density at radius 1 is 0.967 bits per heavy atom. The van der Waals surface area contributed by atoms with Gasteiger partial charge in [-0.3, -0.25) is 9.69 Å². The van der Waals surface area contributed by atoms with Gasteiger partial charge in [-0.25, -0.2) is 8.42 Å². The first-order valence-corrected chi connectivity index (χ1v) is 11.8. The highest BCUT2D eigenvalue weighted by atomic mass is 32.2. The van der Waals surface area contributed by atoms with Crippen molar-refractivity contribution in [3.8, 4) is 0 Å². The van der Waals surface area contributed by atoms with E-state index in [1.165, 1.54) is 6.26 Å². The van der Waals surface area contributed by atoms with Gasteiger partial charge in [-0.15, -0.1) is 0 Å². The van der Waals surface area contributed by atoms with Crippen LogP contribution in [0, 0.1) is 0 Å². The molecule has 0 saturated carbocycles. The molecule has 0 aliphatic carbocycles. The second kappa shape index (κ2) is 8.98. The molecule has 0 radical (unpaired) electrons. The largest absolute Gasteiger partial charge is 0.348 e. The molecule has 5 nitrogen and oxygen atoms in total. The maximum Gasteiger partial charge on any atom is 0.234 e. The van der Waals surface area contributed by atoms with Gasteiger partial charge in [0, 0.05) is 12.3 Å². The van der Waals surface area contributed by atoms with Gasteiger partial charge < -0.3 is 5.32 Å². The number of benzene rings is 3. The lowest BCUT2D eigenvalue weighted by Crippen LogP contribution is -2.37. The van der Waals surface area contributed by atoms with E-state index in [9.17, 15) is 13.2 Å². The molecule has 158 valence electrons. The van der Waals surface area contributed by atoms with Crippen LogP contribution < -0.4 is 5.32 Å². The number of rotatable bonds is 7. The normalized spacial score (nSPS) is 13.9. The summed E-state index contributed by atoms with van der Waals surface area (Å²) < 4.78 is 23.3. The third-order valence-electron chi connectivity index (χ3n) is 5.51. The lowest BCUT2D eigenvalue weighted by molar-refractivity contribution is -0.123. The van der Waals surface area contributed by atoms with Crippen molar-refractivity contribution in [2.75, 3.05) is 19.8 Å². The van der Waals surface area contributed by atoms with Crippen LogP contribution in [0.1, 0.15) is 37.1 Å². The molecule has 30 heavy (non-hydrogen) atoms. The fourth-order valence-electron chi connectivity index (χ4n) is 3.60. The minimum absolute atomic E-state index is 0.0304. The molecule has 1 amide bonds. The topological polar surface area (TPSA) is 66.5 Å². The third kappa shape index (κ3) is 5.07. The smallest absolute Gasteiger partial charge is 0.234 e. The van der Waals surface area contributed by atoms with Crippen molar-refractivity contribution in [2.45, 2.75) is 30.8 Å².